The summed E-state index contributed by atoms with van der Waals surface area (Å²) in [5.74, 6) is -0.295. The van der Waals surface area contributed by atoms with Crippen LogP contribution in [0.2, 0.25) is 10.0 Å². The van der Waals surface area contributed by atoms with Gasteiger partial charge in [-0.2, -0.15) is 0 Å². The molecule has 1 aliphatic rings. The molecule has 29 heavy (non-hydrogen) atoms. The first kappa shape index (κ1) is 21.5. The van der Waals surface area contributed by atoms with Gasteiger partial charge in [0.05, 0.1) is 10.6 Å². The molecule has 0 aromatic heterocycles. The Kier molecular flexibility index (Phi) is 7.40. The zero-order valence-corrected chi connectivity index (χ0v) is 17.6. The average molecular weight is 436 g/mol. The van der Waals surface area contributed by atoms with Gasteiger partial charge in [-0.25, -0.2) is 4.79 Å². The molecule has 0 aliphatic heterocycles. The number of carbonyl (C=O) groups is 2. The molecule has 5 nitrogen and oxygen atoms in total. The van der Waals surface area contributed by atoms with Crippen molar-refractivity contribution < 1.29 is 19.1 Å². The van der Waals surface area contributed by atoms with Gasteiger partial charge in [0, 0.05) is 10.7 Å². The highest BCUT2D eigenvalue weighted by Gasteiger charge is 2.19. The third kappa shape index (κ3) is 6.12. The number of hydrogen-bond acceptors (Lipinski definition) is 4. The lowest BCUT2D eigenvalue weighted by atomic mass is 9.98. The quantitative estimate of drug-likeness (QED) is 0.574. The van der Waals surface area contributed by atoms with E-state index in [2.05, 4.69) is 5.32 Å². The lowest BCUT2D eigenvalue weighted by molar-refractivity contribution is -0.122. The van der Waals surface area contributed by atoms with Crippen LogP contribution in [0, 0.1) is 0 Å². The first-order valence-corrected chi connectivity index (χ1v) is 10.4. The molecule has 0 spiro atoms. The van der Waals surface area contributed by atoms with Crippen LogP contribution in [0.25, 0.3) is 0 Å². The molecule has 0 saturated heterocycles. The van der Waals surface area contributed by atoms with E-state index in [1.807, 2.05) is 0 Å². The molecule has 154 valence electrons. The van der Waals surface area contributed by atoms with E-state index in [9.17, 15) is 9.59 Å². The molecule has 0 unspecified atom stereocenters. The van der Waals surface area contributed by atoms with Crippen molar-refractivity contribution in [1.82, 2.24) is 0 Å². The van der Waals surface area contributed by atoms with Crippen LogP contribution < -0.4 is 10.1 Å². The minimum atomic E-state index is -0.774. The molecule has 1 N–H and O–H groups in total. The standard InChI is InChI=1S/C22H23Cl2NO4/c1-14(28-20-12-9-16(23)13-19(20)24)21(26)25-17-10-7-15(8-11-17)22(27)29-18-5-3-2-4-6-18/h7-14,18H,2-6H2,1H3,(H,25,26)/t14-/m0/s1. The molecule has 7 heteroatoms. The Balaban J connectivity index is 1.54. The van der Waals surface area contributed by atoms with Crippen molar-refractivity contribution in [3.05, 3.63) is 58.1 Å². The molecule has 2 aromatic carbocycles. The van der Waals surface area contributed by atoms with Crippen molar-refractivity contribution in [1.29, 1.82) is 0 Å². The third-order valence-electron chi connectivity index (χ3n) is 4.78. The predicted octanol–water partition coefficient (Wildman–Crippen LogP) is 5.89. The Bertz CT molecular complexity index is 864. The van der Waals surface area contributed by atoms with E-state index in [1.54, 1.807) is 49.4 Å². The zero-order chi connectivity index (χ0) is 20.8. The number of ether oxygens (including phenoxy) is 2. The van der Waals surface area contributed by atoms with Crippen molar-refractivity contribution >= 4 is 40.8 Å². The number of esters is 1. The topological polar surface area (TPSA) is 64.6 Å². The van der Waals surface area contributed by atoms with Crippen molar-refractivity contribution in [3.8, 4) is 5.75 Å². The maximum absolute atomic E-state index is 12.4. The number of carbonyl (C=O) groups excluding carboxylic acids is 2. The minimum Gasteiger partial charge on any atom is -0.479 e. The van der Waals surface area contributed by atoms with E-state index in [4.69, 9.17) is 32.7 Å². The number of amides is 1. The predicted molar refractivity (Wildman–Crippen MR) is 114 cm³/mol. The molecular formula is C22H23Cl2NO4. The Hall–Kier alpha value is -2.24. The Morgan fingerprint density at radius 1 is 1.03 bits per heavy atom. The summed E-state index contributed by atoms with van der Waals surface area (Å²) in [6.07, 6.45) is 4.49. The second-order valence-electron chi connectivity index (χ2n) is 7.07. The first-order chi connectivity index (χ1) is 13.9. The largest absolute Gasteiger partial charge is 0.479 e. The van der Waals surface area contributed by atoms with Gasteiger partial charge in [-0.05, 0) is 75.1 Å². The number of benzene rings is 2. The lowest BCUT2D eigenvalue weighted by Gasteiger charge is -2.21. The summed E-state index contributed by atoms with van der Waals surface area (Å²) in [5.41, 5.74) is 1.02. The van der Waals surface area contributed by atoms with Crippen molar-refractivity contribution in [2.75, 3.05) is 5.32 Å². The zero-order valence-electron chi connectivity index (χ0n) is 16.1. The fraction of sp³-hybridized carbons (Fsp3) is 0.364. The number of nitrogens with one attached hydrogen (secondary N) is 1. The van der Waals surface area contributed by atoms with E-state index in [0.29, 0.717) is 27.0 Å². The summed E-state index contributed by atoms with van der Waals surface area (Å²) in [5, 5.41) is 3.57. The monoisotopic (exact) mass is 435 g/mol. The number of rotatable bonds is 6. The molecule has 0 heterocycles. The molecular weight excluding hydrogens is 413 g/mol. The van der Waals surface area contributed by atoms with Gasteiger partial charge < -0.3 is 14.8 Å². The van der Waals surface area contributed by atoms with Crippen LogP contribution in [0.5, 0.6) is 5.75 Å². The van der Waals surface area contributed by atoms with Crippen LogP contribution in [0.3, 0.4) is 0 Å². The van der Waals surface area contributed by atoms with E-state index in [1.165, 1.54) is 6.42 Å². The molecule has 1 aliphatic carbocycles. The molecule has 3 rings (SSSR count). The van der Waals surface area contributed by atoms with E-state index >= 15 is 0 Å². The van der Waals surface area contributed by atoms with Gasteiger partial charge in [-0.1, -0.05) is 29.6 Å². The highest BCUT2D eigenvalue weighted by atomic mass is 35.5. The molecule has 1 saturated carbocycles. The highest BCUT2D eigenvalue weighted by Crippen LogP contribution is 2.28. The van der Waals surface area contributed by atoms with E-state index in [0.717, 1.165) is 25.7 Å². The van der Waals surface area contributed by atoms with Gasteiger partial charge in [0.25, 0.3) is 5.91 Å². The minimum absolute atomic E-state index is 0.00770. The van der Waals surface area contributed by atoms with Gasteiger partial charge >= 0.3 is 5.97 Å². The van der Waals surface area contributed by atoms with Crippen LogP contribution in [-0.2, 0) is 9.53 Å². The maximum Gasteiger partial charge on any atom is 0.338 e. The van der Waals surface area contributed by atoms with Gasteiger partial charge in [0.2, 0.25) is 0 Å². The summed E-state index contributed by atoms with van der Waals surface area (Å²) in [6.45, 7) is 1.62. The van der Waals surface area contributed by atoms with Crippen molar-refractivity contribution in [2.24, 2.45) is 0 Å². The number of hydrogen-bond donors (Lipinski definition) is 1. The molecule has 1 fully saturated rings. The highest BCUT2D eigenvalue weighted by molar-refractivity contribution is 6.35. The van der Waals surface area contributed by atoms with Gasteiger partial charge in [-0.15, -0.1) is 0 Å². The van der Waals surface area contributed by atoms with Crippen LogP contribution in [0.4, 0.5) is 5.69 Å². The smallest absolute Gasteiger partial charge is 0.338 e. The Labute approximate surface area is 180 Å². The van der Waals surface area contributed by atoms with Crippen LogP contribution >= 0.6 is 23.2 Å². The first-order valence-electron chi connectivity index (χ1n) is 9.66. The third-order valence-corrected chi connectivity index (χ3v) is 5.31. The van der Waals surface area contributed by atoms with E-state index < -0.39 is 6.10 Å². The Morgan fingerprint density at radius 2 is 1.72 bits per heavy atom. The average Bonchev–Trinajstić information content (AvgIpc) is 2.71. The second kappa shape index (κ2) is 9.99. The van der Waals surface area contributed by atoms with Crippen molar-refractivity contribution in [2.45, 2.75) is 51.2 Å². The summed E-state index contributed by atoms with van der Waals surface area (Å²) in [7, 11) is 0. The normalized spacial score (nSPS) is 15.4. The molecule has 0 bridgehead atoms. The Morgan fingerprint density at radius 3 is 2.38 bits per heavy atom. The number of halogens is 2. The molecule has 1 amide bonds. The summed E-state index contributed by atoms with van der Waals surface area (Å²) in [6, 6.07) is 11.4. The summed E-state index contributed by atoms with van der Waals surface area (Å²) in [4.78, 5) is 24.6. The van der Waals surface area contributed by atoms with Gasteiger partial charge in [0.15, 0.2) is 6.10 Å². The number of anilines is 1. The maximum atomic E-state index is 12.4. The molecule has 0 radical (unpaired) electrons. The van der Waals surface area contributed by atoms with Gasteiger partial charge in [-0.3, -0.25) is 4.79 Å². The van der Waals surface area contributed by atoms with E-state index in [-0.39, 0.29) is 18.0 Å². The lowest BCUT2D eigenvalue weighted by Crippen LogP contribution is -2.30. The summed E-state index contributed by atoms with van der Waals surface area (Å²) < 4.78 is 11.2. The fourth-order valence-electron chi connectivity index (χ4n) is 3.15. The van der Waals surface area contributed by atoms with Gasteiger partial charge in [0.1, 0.15) is 11.9 Å². The van der Waals surface area contributed by atoms with Crippen molar-refractivity contribution in [3.63, 3.8) is 0 Å². The fourth-order valence-corrected chi connectivity index (χ4v) is 3.60. The SMILES string of the molecule is C[C@H](Oc1ccc(Cl)cc1Cl)C(=O)Nc1ccc(C(=O)OC2CCCCC2)cc1. The summed E-state index contributed by atoms with van der Waals surface area (Å²) >= 11 is 11.9. The van der Waals surface area contributed by atoms with Crippen LogP contribution in [0.1, 0.15) is 49.4 Å². The second-order valence-corrected chi connectivity index (χ2v) is 7.91. The van der Waals surface area contributed by atoms with Crippen LogP contribution in [-0.4, -0.2) is 24.1 Å². The van der Waals surface area contributed by atoms with Crippen LogP contribution in [0.15, 0.2) is 42.5 Å². The molecule has 1 atom stereocenters. The molecule has 2 aromatic rings.